The highest BCUT2D eigenvalue weighted by Crippen LogP contribution is 2.15. The number of carbonyl (C=O) groups excluding carboxylic acids is 1. The van der Waals surface area contributed by atoms with Crippen molar-refractivity contribution in [2.24, 2.45) is 5.73 Å². The molecule has 0 heterocycles. The normalized spacial score (nSPS) is 11.9. The Morgan fingerprint density at radius 1 is 1.29 bits per heavy atom. The number of nitrogens with one attached hydrogen (secondary N) is 1. The van der Waals surface area contributed by atoms with Crippen LogP contribution < -0.4 is 11.1 Å². The molecule has 3 N–H and O–H groups in total. The molecule has 1 amide bonds. The predicted molar refractivity (Wildman–Crippen MR) is 94.0 cm³/mol. The molecule has 0 saturated carbocycles. The SMILES string of the molecule is CN(CCCC(=O)NCC(C)(C)N)S(=O)(=O)c1ccc(F)cc1.Cl. The summed E-state index contributed by atoms with van der Waals surface area (Å²) in [6.45, 7) is 4.15. The van der Waals surface area contributed by atoms with E-state index in [1.165, 1.54) is 19.2 Å². The highest BCUT2D eigenvalue weighted by molar-refractivity contribution is 7.89. The average molecular weight is 382 g/mol. The van der Waals surface area contributed by atoms with Crippen LogP contribution in [-0.2, 0) is 14.8 Å². The number of rotatable bonds is 8. The van der Waals surface area contributed by atoms with Crippen LogP contribution in [0.3, 0.4) is 0 Å². The smallest absolute Gasteiger partial charge is 0.242 e. The summed E-state index contributed by atoms with van der Waals surface area (Å²) >= 11 is 0. The lowest BCUT2D eigenvalue weighted by atomic mass is 10.1. The number of hydrogen-bond acceptors (Lipinski definition) is 4. The van der Waals surface area contributed by atoms with Gasteiger partial charge in [0.15, 0.2) is 0 Å². The van der Waals surface area contributed by atoms with Crippen LogP contribution in [0.15, 0.2) is 29.2 Å². The first-order chi connectivity index (χ1) is 10.5. The van der Waals surface area contributed by atoms with Gasteiger partial charge in [-0.25, -0.2) is 17.1 Å². The molecular weight excluding hydrogens is 357 g/mol. The number of nitrogens with two attached hydrogens (primary N) is 1. The molecule has 6 nitrogen and oxygen atoms in total. The monoisotopic (exact) mass is 381 g/mol. The highest BCUT2D eigenvalue weighted by Gasteiger charge is 2.20. The summed E-state index contributed by atoms with van der Waals surface area (Å²) in [5.41, 5.74) is 5.28. The molecule has 0 aromatic heterocycles. The Balaban J connectivity index is 0.00000529. The van der Waals surface area contributed by atoms with Crippen LogP contribution in [0.2, 0.25) is 0 Å². The van der Waals surface area contributed by atoms with Crippen molar-refractivity contribution in [3.05, 3.63) is 30.1 Å². The van der Waals surface area contributed by atoms with Crippen LogP contribution in [0.1, 0.15) is 26.7 Å². The number of benzene rings is 1. The van der Waals surface area contributed by atoms with E-state index in [2.05, 4.69) is 5.32 Å². The summed E-state index contributed by atoms with van der Waals surface area (Å²) in [6, 6.07) is 4.64. The summed E-state index contributed by atoms with van der Waals surface area (Å²) < 4.78 is 38.5. The number of carbonyl (C=O) groups is 1. The molecule has 0 saturated heterocycles. The van der Waals surface area contributed by atoms with Gasteiger partial charge in [0.05, 0.1) is 4.90 Å². The minimum absolute atomic E-state index is 0. The van der Waals surface area contributed by atoms with Crippen molar-refractivity contribution < 1.29 is 17.6 Å². The van der Waals surface area contributed by atoms with Crippen molar-refractivity contribution >= 4 is 28.3 Å². The molecule has 138 valence electrons. The summed E-state index contributed by atoms with van der Waals surface area (Å²) in [5.74, 6) is -0.665. The summed E-state index contributed by atoms with van der Waals surface area (Å²) in [7, 11) is -2.24. The topological polar surface area (TPSA) is 92.5 Å². The molecule has 0 bridgehead atoms. The molecule has 1 aromatic rings. The lowest BCUT2D eigenvalue weighted by molar-refractivity contribution is -0.121. The standard InChI is InChI=1S/C15H24FN3O3S.ClH/c1-15(2,17)11-18-14(20)5-4-10-19(3)23(21,22)13-8-6-12(16)7-9-13;/h6-9H,4-5,10-11,17H2,1-3H3,(H,18,20);1H. The molecule has 0 radical (unpaired) electrons. The lowest BCUT2D eigenvalue weighted by Crippen LogP contribution is -2.45. The predicted octanol–water partition coefficient (Wildman–Crippen LogP) is 1.50. The van der Waals surface area contributed by atoms with Crippen molar-refractivity contribution in [3.8, 4) is 0 Å². The zero-order valence-electron chi connectivity index (χ0n) is 14.1. The molecule has 0 unspecified atom stereocenters. The maximum atomic E-state index is 12.9. The zero-order valence-corrected chi connectivity index (χ0v) is 15.7. The van der Waals surface area contributed by atoms with Crippen molar-refractivity contribution in [2.75, 3.05) is 20.1 Å². The number of amides is 1. The highest BCUT2D eigenvalue weighted by atomic mass is 35.5. The fourth-order valence-electron chi connectivity index (χ4n) is 1.78. The van der Waals surface area contributed by atoms with E-state index >= 15 is 0 Å². The summed E-state index contributed by atoms with van der Waals surface area (Å²) in [4.78, 5) is 11.7. The molecule has 0 fully saturated rings. The van der Waals surface area contributed by atoms with Gasteiger partial charge >= 0.3 is 0 Å². The first-order valence-electron chi connectivity index (χ1n) is 7.30. The third-order valence-corrected chi connectivity index (χ3v) is 5.01. The molecule has 0 aliphatic carbocycles. The van der Waals surface area contributed by atoms with E-state index in [4.69, 9.17) is 5.73 Å². The molecule has 0 atom stereocenters. The second kappa shape index (κ2) is 9.31. The van der Waals surface area contributed by atoms with Gasteiger partial charge in [-0.3, -0.25) is 4.79 Å². The van der Waals surface area contributed by atoms with Crippen LogP contribution in [0.25, 0.3) is 0 Å². The first kappa shape index (κ1) is 22.8. The summed E-state index contributed by atoms with van der Waals surface area (Å²) in [5, 5.41) is 2.70. The van der Waals surface area contributed by atoms with Gasteiger partial charge < -0.3 is 11.1 Å². The fourth-order valence-corrected chi connectivity index (χ4v) is 2.99. The molecule has 9 heteroatoms. The lowest BCUT2D eigenvalue weighted by Gasteiger charge is -2.19. The second-order valence-corrected chi connectivity index (χ2v) is 8.19. The second-order valence-electron chi connectivity index (χ2n) is 6.15. The molecule has 0 aliphatic heterocycles. The number of nitrogens with zero attached hydrogens (tertiary/aromatic N) is 1. The molecule has 24 heavy (non-hydrogen) atoms. The van der Waals surface area contributed by atoms with E-state index in [0.29, 0.717) is 13.0 Å². The summed E-state index contributed by atoms with van der Waals surface area (Å²) in [6.07, 6.45) is 0.590. The van der Waals surface area contributed by atoms with Gasteiger partial charge in [0.1, 0.15) is 5.82 Å². The minimum Gasteiger partial charge on any atom is -0.354 e. The van der Waals surface area contributed by atoms with Crippen molar-refractivity contribution in [1.29, 1.82) is 0 Å². The van der Waals surface area contributed by atoms with Crippen LogP contribution in [0.4, 0.5) is 4.39 Å². The van der Waals surface area contributed by atoms with E-state index in [1.807, 2.05) is 0 Å². The van der Waals surface area contributed by atoms with Gasteiger partial charge in [-0.15, -0.1) is 12.4 Å². The van der Waals surface area contributed by atoms with Crippen molar-refractivity contribution in [3.63, 3.8) is 0 Å². The fraction of sp³-hybridized carbons (Fsp3) is 0.533. The van der Waals surface area contributed by atoms with Gasteiger partial charge in [0.25, 0.3) is 0 Å². The first-order valence-corrected chi connectivity index (χ1v) is 8.74. The van der Waals surface area contributed by atoms with Crippen LogP contribution >= 0.6 is 12.4 Å². The maximum Gasteiger partial charge on any atom is 0.242 e. The van der Waals surface area contributed by atoms with Gasteiger partial charge in [0.2, 0.25) is 15.9 Å². The molecule has 0 spiro atoms. The third kappa shape index (κ3) is 7.57. The zero-order chi connectivity index (χ0) is 17.7. The largest absolute Gasteiger partial charge is 0.354 e. The van der Waals surface area contributed by atoms with Gasteiger partial charge in [-0.1, -0.05) is 0 Å². The van der Waals surface area contributed by atoms with Gasteiger partial charge in [-0.2, -0.15) is 0 Å². The maximum absolute atomic E-state index is 12.9. The van der Waals surface area contributed by atoms with Gasteiger partial charge in [-0.05, 0) is 44.5 Å². The minimum atomic E-state index is -3.67. The third-order valence-electron chi connectivity index (χ3n) is 3.14. The Kier molecular flexibility index (Phi) is 8.84. The average Bonchev–Trinajstić information content (AvgIpc) is 2.44. The van der Waals surface area contributed by atoms with E-state index in [9.17, 15) is 17.6 Å². The van der Waals surface area contributed by atoms with E-state index in [1.54, 1.807) is 13.8 Å². The Hall–Kier alpha value is -1.22. The van der Waals surface area contributed by atoms with Crippen LogP contribution in [0, 0.1) is 5.82 Å². The van der Waals surface area contributed by atoms with E-state index < -0.39 is 21.4 Å². The molecule has 0 aliphatic rings. The van der Waals surface area contributed by atoms with Crippen LogP contribution in [0.5, 0.6) is 0 Å². The number of sulfonamides is 1. The van der Waals surface area contributed by atoms with Crippen molar-refractivity contribution in [1.82, 2.24) is 9.62 Å². The Morgan fingerprint density at radius 2 is 1.83 bits per heavy atom. The Morgan fingerprint density at radius 3 is 2.33 bits per heavy atom. The van der Waals surface area contributed by atoms with Crippen molar-refractivity contribution in [2.45, 2.75) is 37.1 Å². The number of halogens is 2. The number of hydrogen-bond donors (Lipinski definition) is 2. The van der Waals surface area contributed by atoms with E-state index in [0.717, 1.165) is 16.4 Å². The van der Waals surface area contributed by atoms with Gasteiger partial charge in [0, 0.05) is 32.1 Å². The Labute approximate surface area is 149 Å². The quantitative estimate of drug-likeness (QED) is 0.713. The van der Waals surface area contributed by atoms with Crippen LogP contribution in [-0.4, -0.2) is 44.3 Å². The molecule has 1 aromatic carbocycles. The molecular formula is C15H25ClFN3O3S. The van der Waals surface area contributed by atoms with E-state index in [-0.39, 0.29) is 36.2 Å². The molecule has 1 rings (SSSR count). The Bertz CT molecular complexity index is 630.